The zero-order chi connectivity index (χ0) is 19.4. The fourth-order valence-electron chi connectivity index (χ4n) is 1.52. The van der Waals surface area contributed by atoms with Crippen LogP contribution in [0.5, 0.6) is 0 Å². The summed E-state index contributed by atoms with van der Waals surface area (Å²) in [6, 6.07) is 0. The molecule has 0 aliphatic heterocycles. The van der Waals surface area contributed by atoms with Crippen LogP contribution in [0.25, 0.3) is 0 Å². The number of nitrogens with one attached hydrogen (secondary N) is 3. The van der Waals surface area contributed by atoms with E-state index in [-0.39, 0.29) is 10.0 Å². The molecule has 0 unspecified atom stereocenters. The van der Waals surface area contributed by atoms with Crippen molar-refractivity contribution in [1.82, 2.24) is 15.8 Å². The number of hydrogen-bond donors (Lipinski definition) is 3. The molecule has 1 aromatic rings. The van der Waals surface area contributed by atoms with Crippen LogP contribution in [0, 0.1) is 6.92 Å². The molecule has 0 saturated carbocycles. The number of aryl methyl sites for hydroxylation is 1. The van der Waals surface area contributed by atoms with Crippen LogP contribution < -0.4 is 16.2 Å². The number of hydrazine groups is 1. The van der Waals surface area contributed by atoms with E-state index in [1.54, 1.807) is 48.5 Å². The predicted octanol–water partition coefficient (Wildman–Crippen LogP) is 2.97. The van der Waals surface area contributed by atoms with Crippen molar-refractivity contribution in [2.45, 2.75) is 59.7 Å². The molecule has 0 aromatic carbocycles. The Labute approximate surface area is 150 Å². The summed E-state index contributed by atoms with van der Waals surface area (Å²) in [6.45, 7) is 11.9. The van der Waals surface area contributed by atoms with Crippen molar-refractivity contribution in [2.75, 3.05) is 5.32 Å². The lowest BCUT2D eigenvalue weighted by Crippen LogP contribution is -2.44. The minimum Gasteiger partial charge on any atom is -0.444 e. The van der Waals surface area contributed by atoms with Gasteiger partial charge in [-0.3, -0.25) is 15.5 Å². The predicted molar refractivity (Wildman–Crippen MR) is 93.5 cm³/mol. The van der Waals surface area contributed by atoms with E-state index in [9.17, 15) is 14.4 Å². The van der Waals surface area contributed by atoms with E-state index in [0.29, 0.717) is 5.69 Å². The highest BCUT2D eigenvalue weighted by Gasteiger charge is 2.21. The third kappa shape index (κ3) is 7.84. The van der Waals surface area contributed by atoms with E-state index >= 15 is 0 Å². The lowest BCUT2D eigenvalue weighted by Gasteiger charge is -2.19. The number of ether oxygens (including phenoxy) is 2. The first-order valence-corrected chi connectivity index (χ1v) is 8.35. The molecular weight excluding hydrogens is 348 g/mol. The van der Waals surface area contributed by atoms with Crippen molar-refractivity contribution in [3.63, 3.8) is 0 Å². The van der Waals surface area contributed by atoms with Crippen LogP contribution in [0.2, 0.25) is 0 Å². The van der Waals surface area contributed by atoms with Crippen LogP contribution >= 0.6 is 11.3 Å². The number of carbonyl (C=O) groups is 3. The van der Waals surface area contributed by atoms with Gasteiger partial charge < -0.3 is 9.47 Å². The van der Waals surface area contributed by atoms with Crippen molar-refractivity contribution in [3.05, 3.63) is 10.6 Å². The summed E-state index contributed by atoms with van der Waals surface area (Å²) in [5.41, 5.74) is 3.46. The summed E-state index contributed by atoms with van der Waals surface area (Å²) in [6.07, 6.45) is -1.45. The van der Waals surface area contributed by atoms with Crippen LogP contribution in [-0.4, -0.2) is 34.3 Å². The van der Waals surface area contributed by atoms with Gasteiger partial charge in [0.2, 0.25) is 0 Å². The van der Waals surface area contributed by atoms with E-state index in [1.165, 1.54) is 0 Å². The molecule has 0 spiro atoms. The Kier molecular flexibility index (Phi) is 6.36. The molecule has 0 bridgehead atoms. The van der Waals surface area contributed by atoms with Gasteiger partial charge in [-0.15, -0.1) is 0 Å². The van der Waals surface area contributed by atoms with Crippen LogP contribution in [0.15, 0.2) is 0 Å². The summed E-state index contributed by atoms with van der Waals surface area (Å²) in [7, 11) is 0. The topological polar surface area (TPSA) is 119 Å². The van der Waals surface area contributed by atoms with E-state index in [2.05, 4.69) is 21.2 Å². The maximum Gasteiger partial charge on any atom is 0.426 e. The van der Waals surface area contributed by atoms with Crippen molar-refractivity contribution in [1.29, 1.82) is 0 Å². The lowest BCUT2D eigenvalue weighted by atomic mass is 10.2. The number of amides is 3. The van der Waals surface area contributed by atoms with Crippen molar-refractivity contribution in [3.8, 4) is 0 Å². The molecular formula is C15H24N4O5S. The normalized spacial score (nSPS) is 11.5. The largest absolute Gasteiger partial charge is 0.444 e. The van der Waals surface area contributed by atoms with Gasteiger partial charge in [0.1, 0.15) is 16.1 Å². The molecule has 3 N–H and O–H groups in total. The fraction of sp³-hybridized carbons (Fsp3) is 0.600. The Bertz CT molecular complexity index is 658. The van der Waals surface area contributed by atoms with Crippen LogP contribution in [0.4, 0.5) is 14.7 Å². The average Bonchev–Trinajstić information content (AvgIpc) is 2.72. The molecule has 3 amide bonds. The van der Waals surface area contributed by atoms with Gasteiger partial charge in [0.25, 0.3) is 5.91 Å². The number of aromatic nitrogens is 1. The average molecular weight is 372 g/mol. The molecule has 0 atom stereocenters. The first-order valence-electron chi connectivity index (χ1n) is 7.53. The van der Waals surface area contributed by atoms with Gasteiger partial charge in [0, 0.05) is 0 Å². The lowest BCUT2D eigenvalue weighted by molar-refractivity contribution is 0.0483. The molecule has 9 nitrogen and oxygen atoms in total. The monoisotopic (exact) mass is 372 g/mol. The number of thiazole rings is 1. The first kappa shape index (κ1) is 20.7. The minimum absolute atomic E-state index is 0.217. The second-order valence-corrected chi connectivity index (χ2v) is 8.14. The second-order valence-electron chi connectivity index (χ2n) is 7.14. The van der Waals surface area contributed by atoms with E-state index < -0.39 is 29.3 Å². The highest BCUT2D eigenvalue weighted by atomic mass is 32.1. The number of anilines is 1. The molecule has 0 saturated heterocycles. The third-order valence-corrected chi connectivity index (χ3v) is 3.36. The molecule has 140 valence electrons. The standard InChI is InChI=1S/C15H24N4O5S/c1-8-9(10(20)18-19-13(22)24-15(5,6)7)25-11(16-8)17-12(21)23-14(2,3)4/h1-7H3,(H,18,20)(H,19,22)(H,16,17,21). The van der Waals surface area contributed by atoms with Gasteiger partial charge in [-0.05, 0) is 48.5 Å². The Morgan fingerprint density at radius 1 is 0.920 bits per heavy atom. The molecule has 1 heterocycles. The van der Waals surface area contributed by atoms with Crippen molar-refractivity contribution < 1.29 is 23.9 Å². The molecule has 25 heavy (non-hydrogen) atoms. The SMILES string of the molecule is Cc1nc(NC(=O)OC(C)(C)C)sc1C(=O)NNC(=O)OC(C)(C)C. The smallest absolute Gasteiger partial charge is 0.426 e. The summed E-state index contributed by atoms with van der Waals surface area (Å²) >= 11 is 0.960. The zero-order valence-electron chi connectivity index (χ0n) is 15.4. The molecule has 1 aromatic heterocycles. The molecule has 0 aliphatic rings. The highest BCUT2D eigenvalue weighted by molar-refractivity contribution is 7.17. The zero-order valence-corrected chi connectivity index (χ0v) is 16.2. The Balaban J connectivity index is 2.65. The van der Waals surface area contributed by atoms with E-state index in [4.69, 9.17) is 9.47 Å². The maximum atomic E-state index is 12.1. The van der Waals surface area contributed by atoms with Gasteiger partial charge in [-0.1, -0.05) is 11.3 Å². The summed E-state index contributed by atoms with van der Waals surface area (Å²) < 4.78 is 10.1. The number of carbonyl (C=O) groups excluding carboxylic acids is 3. The van der Waals surface area contributed by atoms with Crippen molar-refractivity contribution >= 4 is 34.6 Å². The summed E-state index contributed by atoms with van der Waals surface area (Å²) in [5, 5.41) is 2.68. The minimum atomic E-state index is -0.782. The van der Waals surface area contributed by atoms with E-state index in [1.807, 2.05) is 0 Å². The quantitative estimate of drug-likeness (QED) is 0.687. The van der Waals surface area contributed by atoms with Gasteiger partial charge in [-0.25, -0.2) is 20.0 Å². The van der Waals surface area contributed by atoms with Crippen LogP contribution in [-0.2, 0) is 9.47 Å². The first-order chi connectivity index (χ1) is 11.3. The maximum absolute atomic E-state index is 12.1. The Morgan fingerprint density at radius 2 is 1.44 bits per heavy atom. The third-order valence-electron chi connectivity index (χ3n) is 2.29. The van der Waals surface area contributed by atoms with Gasteiger partial charge in [-0.2, -0.15) is 0 Å². The second kappa shape index (κ2) is 7.68. The van der Waals surface area contributed by atoms with Gasteiger partial charge >= 0.3 is 12.2 Å². The molecule has 10 heteroatoms. The van der Waals surface area contributed by atoms with Crippen LogP contribution in [0.1, 0.15) is 56.9 Å². The number of rotatable bonds is 2. The van der Waals surface area contributed by atoms with Crippen molar-refractivity contribution in [2.24, 2.45) is 0 Å². The fourth-order valence-corrected chi connectivity index (χ4v) is 2.37. The van der Waals surface area contributed by atoms with Gasteiger partial charge in [0.05, 0.1) is 5.69 Å². The Hall–Kier alpha value is -2.36. The highest BCUT2D eigenvalue weighted by Crippen LogP contribution is 2.23. The Morgan fingerprint density at radius 3 is 1.96 bits per heavy atom. The van der Waals surface area contributed by atoms with E-state index in [0.717, 1.165) is 11.3 Å². The molecule has 1 rings (SSSR count). The van der Waals surface area contributed by atoms with Gasteiger partial charge in [0.15, 0.2) is 5.13 Å². The number of nitrogens with zero attached hydrogens (tertiary/aromatic N) is 1. The molecule has 0 aliphatic carbocycles. The summed E-state index contributed by atoms with van der Waals surface area (Å²) in [4.78, 5) is 39.7. The molecule has 0 radical (unpaired) electrons. The molecule has 0 fully saturated rings. The van der Waals surface area contributed by atoms with Crippen LogP contribution in [0.3, 0.4) is 0 Å². The summed E-state index contributed by atoms with van der Waals surface area (Å²) in [5.74, 6) is -0.571. The number of hydrogen-bond acceptors (Lipinski definition) is 7.